The second-order valence-electron chi connectivity index (χ2n) is 7.71. The number of ketones is 1. The van der Waals surface area contributed by atoms with Crippen molar-refractivity contribution in [2.24, 2.45) is 12.0 Å². The summed E-state index contributed by atoms with van der Waals surface area (Å²) in [6, 6.07) is 2.74. The molecule has 10 heteroatoms. The number of nitrogens with zero attached hydrogens (tertiary/aromatic N) is 6. The van der Waals surface area contributed by atoms with Crippen LogP contribution in [0.3, 0.4) is 0 Å². The summed E-state index contributed by atoms with van der Waals surface area (Å²) in [4.78, 5) is 37.9. The Kier molecular flexibility index (Phi) is 5.01. The van der Waals surface area contributed by atoms with Crippen LogP contribution in [0.25, 0.3) is 21.3 Å². The molecule has 5 heterocycles. The molecular formula is C22H19FN6O2S. The average Bonchev–Trinajstić information content (AvgIpc) is 3.46. The van der Waals surface area contributed by atoms with Crippen molar-refractivity contribution in [2.45, 2.75) is 26.3 Å². The standard InChI is InChI=1S/C22H19FN6O2S/c1-12(30)8-14-5-6-16(23)17(26-14)11-29-22(31)19-15(10-25-29)20-21(28(19)2)27-18(32-20)9-13-4-3-7-24-13/h3-6,10H,7-9,11H2,1-2H3. The molecule has 0 radical (unpaired) electrons. The topological polar surface area (TPSA) is 95.0 Å². The Hall–Kier alpha value is -3.53. The Balaban J connectivity index is 1.53. The minimum atomic E-state index is -0.547. The van der Waals surface area contributed by atoms with Crippen LogP contribution >= 0.6 is 11.3 Å². The minimum absolute atomic E-state index is 0.0690. The quantitative estimate of drug-likeness (QED) is 0.450. The molecule has 1 aliphatic rings. The summed E-state index contributed by atoms with van der Waals surface area (Å²) in [6.07, 6.45) is 6.40. The lowest BCUT2D eigenvalue weighted by Gasteiger charge is -2.08. The van der Waals surface area contributed by atoms with Crippen LogP contribution in [-0.2, 0) is 31.2 Å². The van der Waals surface area contributed by atoms with Gasteiger partial charge in [0.05, 0.1) is 29.7 Å². The zero-order valence-electron chi connectivity index (χ0n) is 17.5. The molecule has 0 bridgehead atoms. The number of pyridine rings is 1. The number of aryl methyl sites for hydroxylation is 1. The number of hydrogen-bond donors (Lipinski definition) is 0. The monoisotopic (exact) mass is 450 g/mol. The van der Waals surface area contributed by atoms with Crippen molar-refractivity contribution in [1.82, 2.24) is 24.3 Å². The molecule has 0 aliphatic carbocycles. The highest BCUT2D eigenvalue weighted by Crippen LogP contribution is 2.31. The lowest BCUT2D eigenvalue weighted by Crippen LogP contribution is -2.25. The summed E-state index contributed by atoms with van der Waals surface area (Å²) in [7, 11) is 1.79. The van der Waals surface area contributed by atoms with E-state index in [1.165, 1.54) is 35.1 Å². The minimum Gasteiger partial charge on any atom is -0.323 e. The molecule has 0 fully saturated rings. The summed E-state index contributed by atoms with van der Waals surface area (Å²) < 4.78 is 18.2. The molecule has 8 nitrogen and oxygen atoms in total. The van der Waals surface area contributed by atoms with Crippen LogP contribution in [0.15, 0.2) is 40.3 Å². The van der Waals surface area contributed by atoms with Crippen LogP contribution in [0.1, 0.15) is 23.3 Å². The number of Topliss-reactive ketones (excluding diaryl/α,β-unsaturated/α-hetero) is 1. The average molecular weight is 450 g/mol. The molecule has 0 N–H and O–H groups in total. The summed E-state index contributed by atoms with van der Waals surface area (Å²) in [5.74, 6) is -0.618. The van der Waals surface area contributed by atoms with Gasteiger partial charge in [-0.3, -0.25) is 19.6 Å². The number of aromatic nitrogens is 5. The van der Waals surface area contributed by atoms with E-state index in [4.69, 9.17) is 4.98 Å². The van der Waals surface area contributed by atoms with Crippen LogP contribution < -0.4 is 5.56 Å². The summed E-state index contributed by atoms with van der Waals surface area (Å²) in [5.41, 5.74) is 2.35. The van der Waals surface area contributed by atoms with Gasteiger partial charge in [0.1, 0.15) is 22.1 Å². The normalized spacial score (nSPS) is 13.4. The van der Waals surface area contributed by atoms with E-state index in [-0.39, 0.29) is 30.0 Å². The molecule has 5 rings (SSSR count). The van der Waals surface area contributed by atoms with E-state index in [1.807, 2.05) is 12.2 Å². The third-order valence-electron chi connectivity index (χ3n) is 5.32. The summed E-state index contributed by atoms with van der Waals surface area (Å²) >= 11 is 1.52. The molecule has 4 aromatic heterocycles. The van der Waals surface area contributed by atoms with Gasteiger partial charge in [-0.15, -0.1) is 11.3 Å². The number of halogens is 1. The second kappa shape index (κ2) is 7.86. The highest BCUT2D eigenvalue weighted by molar-refractivity contribution is 7.19. The number of allylic oxidation sites excluding steroid dienone is 1. The van der Waals surface area contributed by atoms with Crippen molar-refractivity contribution < 1.29 is 9.18 Å². The fourth-order valence-corrected chi connectivity index (χ4v) is 4.96. The first-order valence-electron chi connectivity index (χ1n) is 10.1. The fourth-order valence-electron chi connectivity index (χ4n) is 3.84. The number of thiazole rings is 1. The predicted molar refractivity (Wildman–Crippen MR) is 121 cm³/mol. The van der Waals surface area contributed by atoms with E-state index in [9.17, 15) is 14.0 Å². The molecule has 162 valence electrons. The number of hydrogen-bond acceptors (Lipinski definition) is 7. The molecule has 0 atom stereocenters. The third kappa shape index (κ3) is 3.56. The molecule has 0 aromatic carbocycles. The molecule has 4 aromatic rings. The zero-order chi connectivity index (χ0) is 22.4. The second-order valence-corrected chi connectivity index (χ2v) is 8.79. The smallest absolute Gasteiger partial charge is 0.291 e. The van der Waals surface area contributed by atoms with Crippen LogP contribution in [0.4, 0.5) is 4.39 Å². The molecule has 32 heavy (non-hydrogen) atoms. The zero-order valence-corrected chi connectivity index (χ0v) is 18.3. The first-order valence-corrected chi connectivity index (χ1v) is 10.9. The highest BCUT2D eigenvalue weighted by Gasteiger charge is 2.19. The van der Waals surface area contributed by atoms with Crippen molar-refractivity contribution >= 4 is 44.1 Å². The number of rotatable bonds is 6. The van der Waals surface area contributed by atoms with Gasteiger partial charge in [0.25, 0.3) is 5.56 Å². The number of carbonyl (C=O) groups is 1. The Bertz CT molecular complexity index is 1510. The van der Waals surface area contributed by atoms with Gasteiger partial charge in [-0.2, -0.15) is 5.10 Å². The molecule has 1 aliphatic heterocycles. The number of carbonyl (C=O) groups excluding carboxylic acids is 1. The molecular weight excluding hydrogens is 431 g/mol. The van der Waals surface area contributed by atoms with Crippen LogP contribution in [0.5, 0.6) is 0 Å². The van der Waals surface area contributed by atoms with Gasteiger partial charge in [0.15, 0.2) is 5.65 Å². The molecule has 0 saturated carbocycles. The van der Waals surface area contributed by atoms with Crippen molar-refractivity contribution in [3.8, 4) is 0 Å². The maximum atomic E-state index is 14.3. The summed E-state index contributed by atoms with van der Waals surface area (Å²) in [5, 5.41) is 5.91. The van der Waals surface area contributed by atoms with Gasteiger partial charge in [-0.25, -0.2) is 14.1 Å². The van der Waals surface area contributed by atoms with E-state index in [0.717, 1.165) is 20.8 Å². The first-order chi connectivity index (χ1) is 15.4. The lowest BCUT2D eigenvalue weighted by molar-refractivity contribution is -0.116. The van der Waals surface area contributed by atoms with Crippen molar-refractivity contribution in [1.29, 1.82) is 0 Å². The maximum Gasteiger partial charge on any atom is 0.291 e. The molecule has 0 spiro atoms. The predicted octanol–water partition coefficient (Wildman–Crippen LogP) is 2.61. The van der Waals surface area contributed by atoms with Gasteiger partial charge >= 0.3 is 0 Å². The number of fused-ring (bicyclic) bond motifs is 3. The van der Waals surface area contributed by atoms with Gasteiger partial charge < -0.3 is 4.57 Å². The Labute approximate surface area is 185 Å². The summed E-state index contributed by atoms with van der Waals surface area (Å²) in [6.45, 7) is 2.03. The van der Waals surface area contributed by atoms with E-state index >= 15 is 0 Å². The van der Waals surface area contributed by atoms with E-state index in [2.05, 4.69) is 15.1 Å². The maximum absolute atomic E-state index is 14.3. The Morgan fingerprint density at radius 2 is 2.12 bits per heavy atom. The first kappa shape index (κ1) is 20.4. The van der Waals surface area contributed by atoms with Crippen molar-refractivity contribution in [2.75, 3.05) is 6.54 Å². The van der Waals surface area contributed by atoms with Gasteiger partial charge in [0, 0.05) is 36.7 Å². The third-order valence-corrected chi connectivity index (χ3v) is 6.40. The van der Waals surface area contributed by atoms with Gasteiger partial charge in [-0.05, 0) is 25.1 Å². The van der Waals surface area contributed by atoms with E-state index < -0.39 is 5.82 Å². The molecule has 0 unspecified atom stereocenters. The van der Waals surface area contributed by atoms with Crippen molar-refractivity contribution in [3.05, 3.63) is 63.0 Å². The number of aliphatic imine (C=N–C) groups is 1. The van der Waals surface area contributed by atoms with E-state index in [1.54, 1.807) is 17.8 Å². The fraction of sp³-hybridized carbons (Fsp3) is 0.273. The largest absolute Gasteiger partial charge is 0.323 e. The van der Waals surface area contributed by atoms with Crippen LogP contribution in [-0.4, -0.2) is 42.4 Å². The van der Waals surface area contributed by atoms with E-state index in [0.29, 0.717) is 29.8 Å². The van der Waals surface area contributed by atoms with Crippen LogP contribution in [0, 0.1) is 5.82 Å². The molecule has 0 saturated heterocycles. The SMILES string of the molecule is CC(=O)Cc1ccc(F)c(Cn2ncc3c4sc(CC5=NCC=C5)nc4n(C)c3c2=O)n1. The highest BCUT2D eigenvalue weighted by atomic mass is 32.1. The lowest BCUT2D eigenvalue weighted by atomic mass is 10.2. The molecule has 0 amide bonds. The van der Waals surface area contributed by atoms with Crippen molar-refractivity contribution in [3.63, 3.8) is 0 Å². The van der Waals surface area contributed by atoms with Gasteiger partial charge in [-0.1, -0.05) is 6.08 Å². The van der Waals surface area contributed by atoms with Gasteiger partial charge in [0.2, 0.25) is 0 Å². The Morgan fingerprint density at radius 1 is 1.28 bits per heavy atom. The Morgan fingerprint density at radius 3 is 2.88 bits per heavy atom. The van der Waals surface area contributed by atoms with Crippen LogP contribution in [0.2, 0.25) is 0 Å².